The summed E-state index contributed by atoms with van der Waals surface area (Å²) in [7, 11) is 0. The molecule has 2 aliphatic rings. The second-order valence-corrected chi connectivity index (χ2v) is 4.87. The molecule has 86 valence electrons. The van der Waals surface area contributed by atoms with Crippen LogP contribution in [0.3, 0.4) is 0 Å². The quantitative estimate of drug-likeness (QED) is 0.674. The van der Waals surface area contributed by atoms with Gasteiger partial charge in [-0.3, -0.25) is 4.79 Å². The zero-order chi connectivity index (χ0) is 10.5. The summed E-state index contributed by atoms with van der Waals surface area (Å²) in [6.45, 7) is 3.15. The Morgan fingerprint density at radius 2 is 1.73 bits per heavy atom. The molecule has 0 saturated carbocycles. The lowest BCUT2D eigenvalue weighted by molar-refractivity contribution is -0.685. The molecule has 2 heterocycles. The van der Waals surface area contributed by atoms with Crippen LogP contribution in [0, 0.1) is 0 Å². The molecule has 0 radical (unpaired) electrons. The highest BCUT2D eigenvalue weighted by Gasteiger charge is 2.28. The van der Waals surface area contributed by atoms with Gasteiger partial charge >= 0.3 is 0 Å². The number of hydrogen-bond acceptors (Lipinski definition) is 1. The zero-order valence-corrected chi connectivity index (χ0v) is 9.58. The van der Waals surface area contributed by atoms with E-state index >= 15 is 0 Å². The van der Waals surface area contributed by atoms with E-state index in [0.717, 1.165) is 26.1 Å². The molecular formula is C12H23N2O+. The van der Waals surface area contributed by atoms with Crippen molar-refractivity contribution < 1.29 is 10.1 Å². The van der Waals surface area contributed by atoms with Crippen LogP contribution in [0.1, 0.15) is 44.9 Å². The predicted octanol–water partition coefficient (Wildman–Crippen LogP) is 0.505. The summed E-state index contributed by atoms with van der Waals surface area (Å²) in [6.07, 6.45) is 8.63. The Morgan fingerprint density at radius 3 is 2.33 bits per heavy atom. The average molecular weight is 211 g/mol. The van der Waals surface area contributed by atoms with Crippen LogP contribution in [0.5, 0.6) is 0 Å². The van der Waals surface area contributed by atoms with Crippen LogP contribution in [0.15, 0.2) is 0 Å². The summed E-state index contributed by atoms with van der Waals surface area (Å²) >= 11 is 0. The molecule has 1 amide bonds. The summed E-state index contributed by atoms with van der Waals surface area (Å²) in [6, 6.07) is 0.247. The van der Waals surface area contributed by atoms with Gasteiger partial charge in [0.05, 0.1) is 6.54 Å². The largest absolute Gasteiger partial charge is 0.338 e. The first kappa shape index (κ1) is 10.9. The summed E-state index contributed by atoms with van der Waals surface area (Å²) in [5.74, 6) is 0.414. The molecule has 2 rings (SSSR count). The lowest BCUT2D eigenvalue weighted by Crippen LogP contribution is -2.94. The number of nitrogens with two attached hydrogens (primary N) is 1. The Bertz CT molecular complexity index is 204. The topological polar surface area (TPSA) is 36.9 Å². The SMILES string of the molecule is O=C([C@@H]1CCCC[NH2+]1)N1CCCCCC1. The summed E-state index contributed by atoms with van der Waals surface area (Å²) in [5, 5.41) is 2.25. The van der Waals surface area contributed by atoms with E-state index in [0.29, 0.717) is 5.91 Å². The normalized spacial score (nSPS) is 28.5. The van der Waals surface area contributed by atoms with Crippen molar-refractivity contribution in [2.45, 2.75) is 51.0 Å². The number of quaternary nitrogens is 1. The Morgan fingerprint density at radius 1 is 1.00 bits per heavy atom. The van der Waals surface area contributed by atoms with Crippen molar-refractivity contribution in [3.8, 4) is 0 Å². The Hall–Kier alpha value is -0.570. The first-order valence-corrected chi connectivity index (χ1v) is 6.50. The van der Waals surface area contributed by atoms with Crippen molar-refractivity contribution in [1.29, 1.82) is 0 Å². The van der Waals surface area contributed by atoms with Crippen LogP contribution >= 0.6 is 0 Å². The van der Waals surface area contributed by atoms with Gasteiger partial charge in [-0.2, -0.15) is 0 Å². The van der Waals surface area contributed by atoms with E-state index in [-0.39, 0.29) is 6.04 Å². The van der Waals surface area contributed by atoms with Crippen LogP contribution in [-0.4, -0.2) is 36.5 Å². The maximum Gasteiger partial charge on any atom is 0.280 e. The highest BCUT2D eigenvalue weighted by atomic mass is 16.2. The van der Waals surface area contributed by atoms with Crippen molar-refractivity contribution in [2.24, 2.45) is 0 Å². The lowest BCUT2D eigenvalue weighted by atomic mass is 10.0. The third-order valence-electron chi connectivity index (χ3n) is 3.66. The number of likely N-dealkylation sites (tertiary alicyclic amines) is 1. The van der Waals surface area contributed by atoms with Crippen LogP contribution in [0.4, 0.5) is 0 Å². The highest BCUT2D eigenvalue weighted by Crippen LogP contribution is 2.12. The monoisotopic (exact) mass is 211 g/mol. The standard InChI is InChI=1S/C12H22N2O/c15-12(11-7-3-4-8-13-11)14-9-5-1-2-6-10-14/h11,13H,1-10H2/p+1/t11-/m0/s1. The maximum absolute atomic E-state index is 12.2. The fourth-order valence-electron chi connectivity index (χ4n) is 2.70. The van der Waals surface area contributed by atoms with Gasteiger partial charge in [-0.1, -0.05) is 12.8 Å². The van der Waals surface area contributed by atoms with E-state index in [1.165, 1.54) is 38.5 Å². The Labute approximate surface area is 92.2 Å². The van der Waals surface area contributed by atoms with Crippen molar-refractivity contribution in [3.05, 3.63) is 0 Å². The third kappa shape index (κ3) is 2.94. The molecule has 0 aliphatic carbocycles. The second kappa shape index (κ2) is 5.50. The number of carbonyl (C=O) groups excluding carboxylic acids is 1. The Balaban J connectivity index is 1.87. The third-order valence-corrected chi connectivity index (χ3v) is 3.66. The molecule has 0 aromatic carbocycles. The minimum absolute atomic E-state index is 0.247. The van der Waals surface area contributed by atoms with Gasteiger partial charge in [-0.25, -0.2) is 0 Å². The number of rotatable bonds is 1. The van der Waals surface area contributed by atoms with Gasteiger partial charge in [0.2, 0.25) is 0 Å². The average Bonchev–Trinajstić information content (AvgIpc) is 2.58. The van der Waals surface area contributed by atoms with Gasteiger partial charge < -0.3 is 10.2 Å². The van der Waals surface area contributed by atoms with E-state index in [4.69, 9.17) is 0 Å². The van der Waals surface area contributed by atoms with Crippen molar-refractivity contribution in [3.63, 3.8) is 0 Å². The molecular weight excluding hydrogens is 188 g/mol. The van der Waals surface area contributed by atoms with Crippen LogP contribution in [0.25, 0.3) is 0 Å². The number of piperidine rings is 1. The number of amides is 1. The molecule has 0 bridgehead atoms. The molecule has 2 aliphatic heterocycles. The molecule has 3 heteroatoms. The van der Waals surface area contributed by atoms with Crippen molar-refractivity contribution in [1.82, 2.24) is 4.90 Å². The number of nitrogens with zero attached hydrogens (tertiary/aromatic N) is 1. The number of carbonyl (C=O) groups is 1. The maximum atomic E-state index is 12.2. The zero-order valence-electron chi connectivity index (χ0n) is 9.58. The number of hydrogen-bond donors (Lipinski definition) is 1. The molecule has 0 aromatic heterocycles. The first-order chi connectivity index (χ1) is 7.38. The van der Waals surface area contributed by atoms with E-state index in [1.807, 2.05) is 0 Å². The van der Waals surface area contributed by atoms with Gasteiger partial charge in [0, 0.05) is 19.5 Å². The molecule has 3 nitrogen and oxygen atoms in total. The van der Waals surface area contributed by atoms with E-state index < -0.39 is 0 Å². The van der Waals surface area contributed by atoms with Gasteiger partial charge in [0.25, 0.3) is 5.91 Å². The lowest BCUT2D eigenvalue weighted by Gasteiger charge is -2.26. The van der Waals surface area contributed by atoms with E-state index in [9.17, 15) is 4.79 Å². The molecule has 2 N–H and O–H groups in total. The molecule has 0 aromatic rings. The van der Waals surface area contributed by atoms with Gasteiger partial charge in [0.15, 0.2) is 6.04 Å². The summed E-state index contributed by atoms with van der Waals surface area (Å²) in [4.78, 5) is 14.3. The Kier molecular flexibility index (Phi) is 4.01. The summed E-state index contributed by atoms with van der Waals surface area (Å²) in [5.41, 5.74) is 0. The highest BCUT2D eigenvalue weighted by molar-refractivity contribution is 5.80. The van der Waals surface area contributed by atoms with Gasteiger partial charge in [-0.15, -0.1) is 0 Å². The van der Waals surface area contributed by atoms with E-state index in [2.05, 4.69) is 10.2 Å². The second-order valence-electron chi connectivity index (χ2n) is 4.87. The molecule has 0 unspecified atom stereocenters. The summed E-state index contributed by atoms with van der Waals surface area (Å²) < 4.78 is 0. The molecule has 15 heavy (non-hydrogen) atoms. The first-order valence-electron chi connectivity index (χ1n) is 6.50. The van der Waals surface area contributed by atoms with Crippen molar-refractivity contribution in [2.75, 3.05) is 19.6 Å². The molecule has 0 spiro atoms. The minimum atomic E-state index is 0.247. The minimum Gasteiger partial charge on any atom is -0.338 e. The molecule has 2 fully saturated rings. The smallest absolute Gasteiger partial charge is 0.280 e. The van der Waals surface area contributed by atoms with Crippen LogP contribution < -0.4 is 5.32 Å². The van der Waals surface area contributed by atoms with E-state index in [1.54, 1.807) is 0 Å². The molecule has 1 atom stereocenters. The van der Waals surface area contributed by atoms with Gasteiger partial charge in [0.1, 0.15) is 0 Å². The van der Waals surface area contributed by atoms with Crippen LogP contribution in [0.2, 0.25) is 0 Å². The molecule has 2 saturated heterocycles. The van der Waals surface area contributed by atoms with Crippen LogP contribution in [-0.2, 0) is 4.79 Å². The van der Waals surface area contributed by atoms with Gasteiger partial charge in [-0.05, 0) is 25.7 Å². The van der Waals surface area contributed by atoms with Crippen molar-refractivity contribution >= 4 is 5.91 Å². The predicted molar refractivity (Wildman–Crippen MR) is 59.5 cm³/mol. The fraction of sp³-hybridized carbons (Fsp3) is 0.917. The fourth-order valence-corrected chi connectivity index (χ4v) is 2.70.